The second kappa shape index (κ2) is 12.2. The summed E-state index contributed by atoms with van der Waals surface area (Å²) in [6.07, 6.45) is 0. The van der Waals surface area contributed by atoms with Crippen LogP contribution >= 0.6 is 30.4 Å². The van der Waals surface area contributed by atoms with E-state index in [9.17, 15) is 0 Å². The van der Waals surface area contributed by atoms with Gasteiger partial charge in [-0.05, 0) is 45.4 Å². The van der Waals surface area contributed by atoms with E-state index in [1.807, 2.05) is 35.7 Å². The molecule has 0 N–H and O–H groups in total. The first-order valence-electron chi connectivity index (χ1n) is 14.6. The molecule has 1 saturated carbocycles. The highest BCUT2D eigenvalue weighted by Gasteiger charge is 2.73. The number of carbonyl (C=O) groups is 1. The van der Waals surface area contributed by atoms with Gasteiger partial charge in [-0.25, -0.2) is 0 Å². The zero-order valence-electron chi connectivity index (χ0n) is 24.0. The number of Topliss-reactive ketones (excluding diaryl/α,β-unsaturated/α-hetero) is 1. The van der Waals surface area contributed by atoms with Gasteiger partial charge in [-0.1, -0.05) is 166 Å². The van der Waals surface area contributed by atoms with Gasteiger partial charge in [-0.2, -0.15) is 0 Å². The molecule has 0 bridgehead atoms. The highest BCUT2D eigenvalue weighted by Crippen LogP contribution is 2.69. The molecule has 0 amide bonds. The third-order valence-electron chi connectivity index (χ3n) is 8.24. The van der Waals surface area contributed by atoms with E-state index in [1.54, 1.807) is 0 Å². The van der Waals surface area contributed by atoms with Gasteiger partial charge in [0.15, 0.2) is 5.78 Å². The van der Waals surface area contributed by atoms with E-state index in [0.29, 0.717) is 0 Å². The van der Waals surface area contributed by atoms with Gasteiger partial charge in [-0.15, -0.1) is 23.5 Å². The summed E-state index contributed by atoms with van der Waals surface area (Å²) in [5.41, 5.74) is 1.31. The number of ketones is 1. The first-order valence-corrected chi connectivity index (χ1v) is 18.3. The Morgan fingerprint density at radius 1 is 0.500 bits per heavy atom. The maximum absolute atomic E-state index is 15.8. The van der Waals surface area contributed by atoms with Crippen LogP contribution in [0.3, 0.4) is 0 Å². The lowest BCUT2D eigenvalue weighted by Crippen LogP contribution is -2.73. The average molecular weight is 603 g/mol. The van der Waals surface area contributed by atoms with Crippen LogP contribution in [0, 0.1) is 0 Å². The fourth-order valence-corrected chi connectivity index (χ4v) is 16.0. The Labute approximate surface area is 258 Å². The molecule has 6 rings (SSSR count). The van der Waals surface area contributed by atoms with Crippen LogP contribution in [-0.4, -0.2) is 26.7 Å². The molecule has 42 heavy (non-hydrogen) atoms. The zero-order valence-corrected chi connectivity index (χ0v) is 26.5. The lowest BCUT2D eigenvalue weighted by molar-refractivity contribution is -0.119. The normalized spacial score (nSPS) is 15.7. The first kappa shape index (κ1) is 28.9. The predicted molar refractivity (Wildman–Crippen MR) is 188 cm³/mol. The van der Waals surface area contributed by atoms with E-state index in [0.717, 1.165) is 27.9 Å². The molecule has 0 aliphatic heterocycles. The number of carbonyl (C=O) groups excluding carboxylic acids is 1. The van der Waals surface area contributed by atoms with Crippen molar-refractivity contribution in [3.05, 3.63) is 163 Å². The molecule has 0 spiro atoms. The predicted octanol–water partition coefficient (Wildman–Crippen LogP) is 7.92. The van der Waals surface area contributed by atoms with Gasteiger partial charge in [0.1, 0.15) is 9.49 Å². The molecule has 5 aromatic rings. The number of thioether (sulfide) groups is 2. The quantitative estimate of drug-likeness (QED) is 0.126. The van der Waals surface area contributed by atoms with E-state index in [2.05, 4.69) is 153 Å². The standard InChI is InChI=1S/C38H35OPS2/c1-3-41-38(42-4-2)36(35(39)37(38,30-20-10-5-11-21-30)31-22-12-6-13-23-31)40(32-24-14-7-15-25-32,33-26-16-8-17-27-33)34-28-18-9-19-29-34/h5-29H,3-4H2,1-2H3. The van der Waals surface area contributed by atoms with Gasteiger partial charge in [0, 0.05) is 5.29 Å². The Bertz CT molecular complexity index is 1550. The minimum atomic E-state index is -2.59. The maximum atomic E-state index is 15.8. The van der Waals surface area contributed by atoms with Crippen molar-refractivity contribution in [2.24, 2.45) is 0 Å². The molecule has 1 aliphatic carbocycles. The van der Waals surface area contributed by atoms with Gasteiger partial charge < -0.3 is 0 Å². The highest BCUT2D eigenvalue weighted by molar-refractivity contribution is 8.21. The van der Waals surface area contributed by atoms with Crippen LogP contribution in [0.2, 0.25) is 0 Å². The number of benzene rings is 5. The van der Waals surface area contributed by atoms with Gasteiger partial charge in [0.25, 0.3) is 0 Å². The summed E-state index contributed by atoms with van der Waals surface area (Å²) in [7, 11) is 0. The molecule has 0 atom stereocenters. The van der Waals surface area contributed by atoms with Gasteiger partial charge in [0.05, 0.1) is 0 Å². The van der Waals surface area contributed by atoms with Crippen LogP contribution < -0.4 is 15.9 Å². The van der Waals surface area contributed by atoms with Crippen molar-refractivity contribution in [2.45, 2.75) is 23.3 Å². The van der Waals surface area contributed by atoms with Gasteiger partial charge in [0.2, 0.25) is 0 Å². The first-order chi connectivity index (χ1) is 20.7. The van der Waals surface area contributed by atoms with Crippen LogP contribution in [0.1, 0.15) is 25.0 Å². The Morgan fingerprint density at radius 3 is 1.12 bits per heavy atom. The van der Waals surface area contributed by atoms with Crippen LogP contribution in [0.25, 0.3) is 0 Å². The third kappa shape index (κ3) is 4.21. The summed E-state index contributed by atoms with van der Waals surface area (Å²) in [5, 5.41) is 4.72. The molecule has 4 heteroatoms. The van der Waals surface area contributed by atoms with Crippen molar-refractivity contribution in [3.63, 3.8) is 0 Å². The van der Waals surface area contributed by atoms with E-state index in [-0.39, 0.29) is 5.78 Å². The summed E-state index contributed by atoms with van der Waals surface area (Å²) >= 11 is 3.88. The Hall–Kier alpha value is -3.23. The second-order valence-electron chi connectivity index (χ2n) is 10.3. The van der Waals surface area contributed by atoms with Crippen molar-refractivity contribution in [1.82, 2.24) is 0 Å². The maximum Gasteiger partial charge on any atom is 0.179 e. The Morgan fingerprint density at radius 2 is 0.810 bits per heavy atom. The van der Waals surface area contributed by atoms with Crippen molar-refractivity contribution < 1.29 is 4.79 Å². The zero-order chi connectivity index (χ0) is 29.0. The minimum Gasteiger partial charge on any atom is -0.293 e. The summed E-state index contributed by atoms with van der Waals surface area (Å²) in [6.45, 7) is 1.88. The largest absolute Gasteiger partial charge is 0.293 e. The smallest absolute Gasteiger partial charge is 0.179 e. The average Bonchev–Trinajstić information content (AvgIpc) is 3.06. The fourth-order valence-electron chi connectivity index (χ4n) is 6.74. The van der Waals surface area contributed by atoms with Crippen molar-refractivity contribution in [3.8, 4) is 0 Å². The van der Waals surface area contributed by atoms with Crippen LogP contribution in [0.15, 0.2) is 152 Å². The van der Waals surface area contributed by atoms with Crippen molar-refractivity contribution in [2.75, 3.05) is 11.5 Å². The van der Waals surface area contributed by atoms with E-state index >= 15 is 4.79 Å². The fraction of sp³-hybridized carbons (Fsp3) is 0.158. The lowest BCUT2D eigenvalue weighted by Gasteiger charge is -2.61. The summed E-state index contributed by atoms with van der Waals surface area (Å²) in [5.74, 6) is 2.03. The molecular formula is C38H35OPS2. The van der Waals surface area contributed by atoms with Crippen LogP contribution in [-0.2, 0) is 10.2 Å². The van der Waals surface area contributed by atoms with Gasteiger partial charge >= 0.3 is 0 Å². The summed E-state index contributed by atoms with van der Waals surface area (Å²) in [4.78, 5) is 15.8. The number of rotatable bonds is 9. The molecule has 0 heterocycles. The molecule has 5 aromatic carbocycles. The molecule has 210 valence electrons. The van der Waals surface area contributed by atoms with Crippen molar-refractivity contribution in [1.29, 1.82) is 0 Å². The molecule has 0 radical (unpaired) electrons. The molecule has 1 fully saturated rings. The number of hydrogen-bond acceptors (Lipinski definition) is 3. The third-order valence-corrected chi connectivity index (χ3v) is 16.1. The molecule has 1 nitrogen and oxygen atoms in total. The van der Waals surface area contributed by atoms with E-state index < -0.39 is 16.4 Å². The highest BCUT2D eigenvalue weighted by atomic mass is 32.2. The minimum absolute atomic E-state index is 0.242. The van der Waals surface area contributed by atoms with Crippen molar-refractivity contribution >= 4 is 57.4 Å². The SMILES string of the molecule is CCSC1(SCC)C(=P(c2ccccc2)(c2ccccc2)c2ccccc2)C(=O)C1(c1ccccc1)c1ccccc1. The number of hydrogen-bond donors (Lipinski definition) is 0. The molecule has 0 unspecified atom stereocenters. The van der Waals surface area contributed by atoms with Gasteiger partial charge in [-0.3, -0.25) is 4.79 Å². The van der Waals surface area contributed by atoms with E-state index in [1.165, 1.54) is 15.9 Å². The summed E-state index contributed by atoms with van der Waals surface area (Å²) in [6, 6.07) is 53.6. The Balaban J connectivity index is 1.88. The second-order valence-corrected chi connectivity index (χ2v) is 16.9. The van der Waals surface area contributed by atoms with E-state index in [4.69, 9.17) is 0 Å². The molecular weight excluding hydrogens is 568 g/mol. The Kier molecular flexibility index (Phi) is 8.37. The monoisotopic (exact) mass is 602 g/mol. The van der Waals surface area contributed by atoms with Crippen LogP contribution in [0.4, 0.5) is 0 Å². The molecule has 1 aliphatic rings. The molecule has 0 saturated heterocycles. The summed E-state index contributed by atoms with van der Waals surface area (Å²) < 4.78 is -0.522. The lowest BCUT2D eigenvalue weighted by atomic mass is 9.58. The molecule has 0 aromatic heterocycles. The van der Waals surface area contributed by atoms with Crippen LogP contribution in [0.5, 0.6) is 0 Å². The topological polar surface area (TPSA) is 17.1 Å².